The number of aryl methyl sites for hydroxylation is 1. The number of hydrogen-bond donors (Lipinski definition) is 1. The minimum Gasteiger partial charge on any atom is -0.300 e. The lowest BCUT2D eigenvalue weighted by Crippen LogP contribution is -2.19. The van der Waals surface area contributed by atoms with E-state index in [0.717, 1.165) is 16.8 Å². The van der Waals surface area contributed by atoms with Crippen molar-refractivity contribution in [2.45, 2.75) is 6.92 Å². The Labute approximate surface area is 145 Å². The second-order valence-corrected chi connectivity index (χ2v) is 6.88. The predicted octanol–water partition coefficient (Wildman–Crippen LogP) is 4.79. The molecule has 2 aromatic carbocycles. The van der Waals surface area contributed by atoms with Gasteiger partial charge < -0.3 is 5.32 Å². The molecule has 1 fully saturated rings. The molecule has 0 aromatic heterocycles. The molecule has 0 unspecified atom stereocenters. The third kappa shape index (κ3) is 3.89. The molecule has 3 nitrogen and oxygen atoms in total. The number of rotatable bonds is 2. The Morgan fingerprint density at radius 1 is 1.26 bits per heavy atom. The Bertz CT molecular complexity index is 848. The number of carbonyl (C=O) groups is 1. The lowest BCUT2D eigenvalue weighted by atomic mass is 10.2. The first-order valence-electron chi connectivity index (χ1n) is 6.82. The zero-order valence-corrected chi connectivity index (χ0v) is 14.5. The fourth-order valence-electron chi connectivity index (χ4n) is 2.05. The van der Waals surface area contributed by atoms with Crippen LogP contribution in [0.2, 0.25) is 0 Å². The third-order valence-corrected chi connectivity index (χ3v) is 4.64. The molecule has 1 N–H and O–H groups in total. The lowest BCUT2D eigenvalue weighted by molar-refractivity contribution is -0.115. The molecule has 2 aromatic rings. The molecule has 3 rings (SSSR count). The summed E-state index contributed by atoms with van der Waals surface area (Å²) >= 11 is 4.40. The van der Waals surface area contributed by atoms with Gasteiger partial charge in [-0.05, 0) is 76.1 Å². The van der Waals surface area contributed by atoms with Crippen LogP contribution in [0, 0.1) is 12.7 Å². The van der Waals surface area contributed by atoms with E-state index in [1.165, 1.54) is 17.8 Å². The van der Waals surface area contributed by atoms with Crippen LogP contribution in [-0.2, 0) is 4.79 Å². The van der Waals surface area contributed by atoms with Gasteiger partial charge in [0.25, 0.3) is 5.91 Å². The number of halogens is 2. The van der Waals surface area contributed by atoms with Crippen molar-refractivity contribution in [1.29, 1.82) is 0 Å². The van der Waals surface area contributed by atoms with Crippen molar-refractivity contribution < 1.29 is 9.18 Å². The van der Waals surface area contributed by atoms with Crippen molar-refractivity contribution in [2.24, 2.45) is 4.99 Å². The number of amides is 1. The van der Waals surface area contributed by atoms with Crippen LogP contribution in [-0.4, -0.2) is 11.1 Å². The van der Waals surface area contributed by atoms with Gasteiger partial charge in [0, 0.05) is 0 Å². The summed E-state index contributed by atoms with van der Waals surface area (Å²) in [5, 5.41) is 3.27. The van der Waals surface area contributed by atoms with Gasteiger partial charge in [0.1, 0.15) is 5.82 Å². The van der Waals surface area contributed by atoms with Crippen LogP contribution < -0.4 is 5.32 Å². The number of aliphatic imine (C=N–C) groups is 1. The van der Waals surface area contributed by atoms with Gasteiger partial charge in [0.15, 0.2) is 5.17 Å². The molecule has 1 saturated heterocycles. The number of nitrogens with zero attached hydrogens (tertiary/aromatic N) is 1. The van der Waals surface area contributed by atoms with E-state index < -0.39 is 0 Å². The van der Waals surface area contributed by atoms with E-state index in [0.29, 0.717) is 14.5 Å². The molecular formula is C17H12BrFN2OS. The Balaban J connectivity index is 1.84. The van der Waals surface area contributed by atoms with Crippen LogP contribution in [0.3, 0.4) is 0 Å². The Hall–Kier alpha value is -1.92. The highest BCUT2D eigenvalue weighted by atomic mass is 79.9. The van der Waals surface area contributed by atoms with E-state index in [1.807, 2.05) is 31.2 Å². The van der Waals surface area contributed by atoms with E-state index in [1.54, 1.807) is 18.2 Å². The summed E-state index contributed by atoms with van der Waals surface area (Å²) in [6.07, 6.45) is 1.71. The second kappa shape index (κ2) is 6.68. The Morgan fingerprint density at radius 2 is 2.09 bits per heavy atom. The van der Waals surface area contributed by atoms with Crippen molar-refractivity contribution in [2.75, 3.05) is 0 Å². The van der Waals surface area contributed by atoms with Gasteiger partial charge in [-0.1, -0.05) is 18.2 Å². The maximum atomic E-state index is 13.3. The van der Waals surface area contributed by atoms with Crippen LogP contribution in [0.5, 0.6) is 0 Å². The van der Waals surface area contributed by atoms with E-state index >= 15 is 0 Å². The SMILES string of the molecule is Cc1cccc(N=C2NC(=O)/C(=C\c3ccc(F)c(Br)c3)S2)c1. The molecule has 1 aliphatic heterocycles. The van der Waals surface area contributed by atoms with Crippen LogP contribution in [0.25, 0.3) is 6.08 Å². The Morgan fingerprint density at radius 3 is 2.83 bits per heavy atom. The molecule has 0 spiro atoms. The number of thioether (sulfide) groups is 1. The average molecular weight is 391 g/mol. The maximum Gasteiger partial charge on any atom is 0.264 e. The first kappa shape index (κ1) is 16.0. The fourth-order valence-corrected chi connectivity index (χ4v) is 3.29. The van der Waals surface area contributed by atoms with Crippen molar-refractivity contribution in [3.8, 4) is 0 Å². The summed E-state index contributed by atoms with van der Waals surface area (Å²) < 4.78 is 13.6. The summed E-state index contributed by atoms with van der Waals surface area (Å²) in [5.74, 6) is -0.542. The summed E-state index contributed by atoms with van der Waals surface area (Å²) in [5.41, 5.74) is 2.64. The molecule has 116 valence electrons. The topological polar surface area (TPSA) is 41.5 Å². The first-order valence-corrected chi connectivity index (χ1v) is 8.43. The highest BCUT2D eigenvalue weighted by molar-refractivity contribution is 9.10. The quantitative estimate of drug-likeness (QED) is 0.748. The molecule has 1 amide bonds. The number of carbonyl (C=O) groups excluding carboxylic acids is 1. The fraction of sp³-hybridized carbons (Fsp3) is 0.0588. The standard InChI is InChI=1S/C17H12BrFN2OS/c1-10-3-2-4-12(7-10)20-17-21-16(22)15(23-17)9-11-5-6-14(19)13(18)8-11/h2-9H,1H3,(H,20,21,22)/b15-9+. The molecular weight excluding hydrogens is 379 g/mol. The molecule has 1 heterocycles. The highest BCUT2D eigenvalue weighted by Crippen LogP contribution is 2.29. The van der Waals surface area contributed by atoms with E-state index in [4.69, 9.17) is 0 Å². The number of hydrogen-bond acceptors (Lipinski definition) is 3. The molecule has 23 heavy (non-hydrogen) atoms. The van der Waals surface area contributed by atoms with Crippen molar-refractivity contribution >= 4 is 50.5 Å². The molecule has 6 heteroatoms. The summed E-state index contributed by atoms with van der Waals surface area (Å²) in [7, 11) is 0. The van der Waals surface area contributed by atoms with Crippen molar-refractivity contribution in [1.82, 2.24) is 5.32 Å². The number of nitrogens with one attached hydrogen (secondary N) is 1. The van der Waals surface area contributed by atoms with Crippen LogP contribution in [0.4, 0.5) is 10.1 Å². The summed E-state index contributed by atoms with van der Waals surface area (Å²) in [6, 6.07) is 12.3. The van der Waals surface area contributed by atoms with E-state index in [9.17, 15) is 9.18 Å². The largest absolute Gasteiger partial charge is 0.300 e. The van der Waals surface area contributed by atoms with Gasteiger partial charge >= 0.3 is 0 Å². The molecule has 0 aliphatic carbocycles. The zero-order valence-electron chi connectivity index (χ0n) is 12.1. The number of amidine groups is 1. The van der Waals surface area contributed by atoms with Gasteiger partial charge in [0.05, 0.1) is 15.1 Å². The highest BCUT2D eigenvalue weighted by Gasteiger charge is 2.23. The van der Waals surface area contributed by atoms with Crippen molar-refractivity contribution in [3.63, 3.8) is 0 Å². The average Bonchev–Trinajstić information content (AvgIpc) is 2.83. The molecule has 0 bridgehead atoms. The van der Waals surface area contributed by atoms with E-state index in [2.05, 4.69) is 26.2 Å². The molecule has 0 radical (unpaired) electrons. The van der Waals surface area contributed by atoms with Crippen LogP contribution >= 0.6 is 27.7 Å². The van der Waals surface area contributed by atoms with Crippen molar-refractivity contribution in [3.05, 3.63) is 68.8 Å². The van der Waals surface area contributed by atoms with Gasteiger partial charge in [0.2, 0.25) is 0 Å². The third-order valence-electron chi connectivity index (χ3n) is 3.12. The summed E-state index contributed by atoms with van der Waals surface area (Å²) in [4.78, 5) is 17.0. The number of benzene rings is 2. The normalized spacial score (nSPS) is 17.8. The Kier molecular flexibility index (Phi) is 4.63. The minimum atomic E-state index is -0.336. The second-order valence-electron chi connectivity index (χ2n) is 4.99. The molecule has 0 atom stereocenters. The van der Waals surface area contributed by atoms with Gasteiger partial charge in [-0.25, -0.2) is 9.38 Å². The predicted molar refractivity (Wildman–Crippen MR) is 96.1 cm³/mol. The van der Waals surface area contributed by atoms with Crippen LogP contribution in [0.15, 0.2) is 56.8 Å². The smallest absolute Gasteiger partial charge is 0.264 e. The van der Waals surface area contributed by atoms with Gasteiger partial charge in [-0.15, -0.1) is 0 Å². The van der Waals surface area contributed by atoms with E-state index in [-0.39, 0.29) is 11.7 Å². The lowest BCUT2D eigenvalue weighted by Gasteiger charge is -1.98. The minimum absolute atomic E-state index is 0.207. The van der Waals surface area contributed by atoms with Gasteiger partial charge in [-0.3, -0.25) is 4.79 Å². The first-order chi connectivity index (χ1) is 11.0. The maximum absolute atomic E-state index is 13.3. The summed E-state index contributed by atoms with van der Waals surface area (Å²) in [6.45, 7) is 1.99. The van der Waals surface area contributed by atoms with Gasteiger partial charge in [-0.2, -0.15) is 0 Å². The molecule has 0 saturated carbocycles. The zero-order chi connectivity index (χ0) is 16.4. The van der Waals surface area contributed by atoms with Crippen LogP contribution in [0.1, 0.15) is 11.1 Å². The monoisotopic (exact) mass is 390 g/mol. The molecule has 1 aliphatic rings.